The van der Waals surface area contributed by atoms with Gasteiger partial charge in [-0.2, -0.15) is 0 Å². The van der Waals surface area contributed by atoms with Crippen LogP contribution in [-0.2, 0) is 4.46 Å². The van der Waals surface area contributed by atoms with E-state index in [0.29, 0.717) is 5.04 Å². The van der Waals surface area contributed by atoms with Gasteiger partial charge in [0.25, 0.3) is 0 Å². The van der Waals surface area contributed by atoms with Crippen molar-refractivity contribution in [1.29, 1.82) is 0 Å². The van der Waals surface area contributed by atoms with Crippen LogP contribution in [0.2, 0.25) is 18.1 Å². The van der Waals surface area contributed by atoms with Crippen molar-refractivity contribution >= 4 is 36.7 Å². The summed E-state index contributed by atoms with van der Waals surface area (Å²) in [6.07, 6.45) is 0. The van der Waals surface area contributed by atoms with E-state index >= 15 is 0 Å². The molecule has 0 atom stereocenters. The molecule has 0 aromatic heterocycles. The second-order valence-electron chi connectivity index (χ2n) is 4.14. The van der Waals surface area contributed by atoms with E-state index in [1.165, 1.54) is 0 Å². The van der Waals surface area contributed by atoms with Crippen LogP contribution in [0, 0.1) is 0 Å². The third-order valence-electron chi connectivity index (χ3n) is 2.29. The Balaban J connectivity index is 0. The molecule has 0 amide bonds. The monoisotopic (exact) mass is 182 g/mol. The van der Waals surface area contributed by atoms with Crippen molar-refractivity contribution in [3.8, 4) is 0 Å². The van der Waals surface area contributed by atoms with Crippen LogP contribution < -0.4 is 4.65 Å². The molecule has 0 aromatic rings. The molecule has 0 heterocycles. The van der Waals surface area contributed by atoms with Crippen LogP contribution in [0.3, 0.4) is 0 Å². The first-order valence-corrected chi connectivity index (χ1v) is 7.57. The van der Waals surface area contributed by atoms with E-state index in [2.05, 4.69) is 38.5 Å². The summed E-state index contributed by atoms with van der Waals surface area (Å²) in [5.74, 6) is 0. The maximum atomic E-state index is 10.4. The van der Waals surface area contributed by atoms with Crippen LogP contribution >= 0.6 is 0 Å². The first kappa shape index (κ1) is 14.2. The van der Waals surface area contributed by atoms with Gasteiger partial charge in [0.05, 0.1) is 0 Å². The summed E-state index contributed by atoms with van der Waals surface area (Å²) in [5, 5.41) is 0.296. The van der Waals surface area contributed by atoms with Crippen molar-refractivity contribution in [2.24, 2.45) is 0 Å². The van der Waals surface area contributed by atoms with E-state index in [1.54, 1.807) is 0 Å². The molecule has 0 aliphatic rings. The minimum Gasteiger partial charge on any atom is -0.418 e. The largest absolute Gasteiger partial charge is 0.418 e. The first-order valence-electron chi connectivity index (χ1n) is 3.52. The van der Waals surface area contributed by atoms with Gasteiger partial charge < -0.3 is 9.11 Å². The Morgan fingerprint density at radius 1 is 1.27 bits per heavy atom. The van der Waals surface area contributed by atoms with Crippen LogP contribution in [0.5, 0.6) is 0 Å². The third-order valence-corrected chi connectivity index (χ3v) is 9.40. The molecule has 0 bridgehead atoms. The normalized spacial score (nSPS) is 11.7. The van der Waals surface area contributed by atoms with E-state index < -0.39 is 17.8 Å². The summed E-state index contributed by atoms with van der Waals surface area (Å²) in [5.41, 5.74) is 0. The molecule has 61 valence electrons. The maximum absolute atomic E-state index is 10.4. The van der Waals surface area contributed by atoms with Crippen LogP contribution in [0.1, 0.15) is 20.8 Å². The molecule has 0 fully saturated rings. The molecule has 0 aromatic carbocycles. The third kappa shape index (κ3) is 4.26. The Morgan fingerprint density at radius 2 is 1.64 bits per heavy atom. The Kier molecular flexibility index (Phi) is 5.93. The van der Waals surface area contributed by atoms with Gasteiger partial charge in [-0.1, -0.05) is 33.9 Å². The fourth-order valence-corrected chi connectivity index (χ4v) is 3.27. The van der Waals surface area contributed by atoms with Crippen molar-refractivity contribution < 1.29 is 4.46 Å². The van der Waals surface area contributed by atoms with Gasteiger partial charge in [-0.15, -0.1) is 0 Å². The molecule has 0 aliphatic heterocycles. The van der Waals surface area contributed by atoms with Crippen LogP contribution in [-0.4, -0.2) is 36.7 Å². The molecule has 1 radical (unpaired) electrons. The van der Waals surface area contributed by atoms with E-state index in [1.807, 2.05) is 0 Å². The molecule has 0 spiro atoms. The van der Waals surface area contributed by atoms with Gasteiger partial charge in [-0.25, -0.2) is 0 Å². The molecular weight excluding hydrogens is 165 g/mol. The SMILES string of the molecule is CC(C)(C)[Si](C)(C)N[SiH]=O.[Li]. The predicted octanol–water partition coefficient (Wildman–Crippen LogP) is 0.897. The number of hydrogen-bond acceptors (Lipinski definition) is 1. The molecule has 0 aliphatic carbocycles. The van der Waals surface area contributed by atoms with E-state index in [-0.39, 0.29) is 18.9 Å². The van der Waals surface area contributed by atoms with Gasteiger partial charge in [0.2, 0.25) is 0 Å². The number of nitrogens with one attached hydrogen (secondary N) is 1. The van der Waals surface area contributed by atoms with Gasteiger partial charge in [0, 0.05) is 18.9 Å². The second-order valence-corrected chi connectivity index (χ2v) is 10.3. The summed E-state index contributed by atoms with van der Waals surface area (Å²) >= 11 is 0. The summed E-state index contributed by atoms with van der Waals surface area (Å²) in [6, 6.07) is 0. The molecule has 0 unspecified atom stereocenters. The zero-order valence-electron chi connectivity index (χ0n) is 8.49. The summed E-state index contributed by atoms with van der Waals surface area (Å²) in [4.78, 5) is 0. The quantitative estimate of drug-likeness (QED) is 0.643. The Bertz CT molecular complexity index is 133. The average Bonchev–Trinajstić information content (AvgIpc) is 1.61. The fourth-order valence-electron chi connectivity index (χ4n) is 0.364. The zero-order chi connectivity index (χ0) is 8.41. The summed E-state index contributed by atoms with van der Waals surface area (Å²) in [7, 11) is -2.21. The number of rotatable bonds is 2. The smallest absolute Gasteiger partial charge is 0.368 e. The number of hydrogen-bond donors (Lipinski definition) is 1. The van der Waals surface area contributed by atoms with Crippen LogP contribution in [0.25, 0.3) is 0 Å². The fraction of sp³-hybridized carbons (Fsp3) is 1.00. The Morgan fingerprint density at radius 3 is 1.73 bits per heavy atom. The summed E-state index contributed by atoms with van der Waals surface area (Å²) < 4.78 is 13.5. The van der Waals surface area contributed by atoms with Gasteiger partial charge in [-0.3, -0.25) is 0 Å². The molecule has 2 nitrogen and oxygen atoms in total. The van der Waals surface area contributed by atoms with Crippen molar-refractivity contribution in [2.75, 3.05) is 0 Å². The zero-order valence-corrected chi connectivity index (χ0v) is 10.6. The molecule has 11 heavy (non-hydrogen) atoms. The predicted molar refractivity (Wildman–Crippen MR) is 53.9 cm³/mol. The minimum absolute atomic E-state index is 0. The minimum atomic E-state index is -1.43. The van der Waals surface area contributed by atoms with E-state index in [9.17, 15) is 4.46 Å². The maximum Gasteiger partial charge on any atom is 0.368 e. The van der Waals surface area contributed by atoms with Crippen molar-refractivity contribution in [2.45, 2.75) is 38.9 Å². The second kappa shape index (κ2) is 4.61. The topological polar surface area (TPSA) is 29.1 Å². The van der Waals surface area contributed by atoms with Gasteiger partial charge in [0.15, 0.2) is 0 Å². The molecule has 5 heteroatoms. The van der Waals surface area contributed by atoms with E-state index in [4.69, 9.17) is 0 Å². The van der Waals surface area contributed by atoms with Crippen molar-refractivity contribution in [3.63, 3.8) is 0 Å². The summed E-state index contributed by atoms with van der Waals surface area (Å²) in [6.45, 7) is 11.0. The van der Waals surface area contributed by atoms with Gasteiger partial charge >= 0.3 is 9.57 Å². The molecule has 1 N–H and O–H groups in total. The average molecular weight is 182 g/mol. The van der Waals surface area contributed by atoms with Crippen molar-refractivity contribution in [1.82, 2.24) is 4.65 Å². The molecule has 0 saturated heterocycles. The molecule has 0 saturated carbocycles. The van der Waals surface area contributed by atoms with E-state index in [0.717, 1.165) is 0 Å². The molecular formula is C6H17LiNOSi2. The van der Waals surface area contributed by atoms with Crippen molar-refractivity contribution in [3.05, 3.63) is 0 Å². The first-order chi connectivity index (χ1) is 4.31. The standard InChI is InChI=1S/C6H17NOSi2.Li/c1-6(2,3)10(4,5)7-9-8;/h7,9H,1-5H3;. The van der Waals surface area contributed by atoms with Crippen LogP contribution in [0.15, 0.2) is 0 Å². The van der Waals surface area contributed by atoms with Gasteiger partial charge in [-0.05, 0) is 5.04 Å². The van der Waals surface area contributed by atoms with Gasteiger partial charge in [0.1, 0.15) is 8.24 Å². The molecule has 0 rings (SSSR count). The van der Waals surface area contributed by atoms with Crippen LogP contribution in [0.4, 0.5) is 0 Å². The Hall–Kier alpha value is 0.631. The Labute approximate surface area is 84.8 Å².